The van der Waals surface area contributed by atoms with Gasteiger partial charge in [0.15, 0.2) is 5.82 Å². The predicted octanol–water partition coefficient (Wildman–Crippen LogP) is 1.60. The van der Waals surface area contributed by atoms with Gasteiger partial charge >= 0.3 is 0 Å². The van der Waals surface area contributed by atoms with E-state index in [1.165, 1.54) is 0 Å². The summed E-state index contributed by atoms with van der Waals surface area (Å²) >= 11 is 0. The number of ether oxygens (including phenoxy) is 1. The number of hydrogen-bond acceptors (Lipinski definition) is 6. The van der Waals surface area contributed by atoms with Crippen LogP contribution in [-0.4, -0.2) is 28.5 Å². The van der Waals surface area contributed by atoms with Crippen LogP contribution in [0.25, 0.3) is 0 Å². The maximum atomic E-state index is 9.23. The summed E-state index contributed by atoms with van der Waals surface area (Å²) in [6.45, 7) is 3.18. The first-order valence-corrected chi connectivity index (χ1v) is 6.62. The van der Waals surface area contributed by atoms with E-state index in [0.717, 1.165) is 5.56 Å². The molecule has 0 saturated carbocycles. The summed E-state index contributed by atoms with van der Waals surface area (Å²) in [6.07, 6.45) is 1.19. The molecule has 2 rings (SSSR count). The maximum Gasteiger partial charge on any atom is 0.243 e. The zero-order valence-corrected chi connectivity index (χ0v) is 11.5. The Morgan fingerprint density at radius 1 is 1.35 bits per heavy atom. The SMILES string of the molecule is CCOCCc1noc([C@H](N)Cc2ccc(O)cc2)n1. The highest BCUT2D eigenvalue weighted by Crippen LogP contribution is 2.17. The van der Waals surface area contributed by atoms with E-state index in [1.54, 1.807) is 12.1 Å². The van der Waals surface area contributed by atoms with Gasteiger partial charge in [0.05, 0.1) is 12.6 Å². The smallest absolute Gasteiger partial charge is 0.243 e. The number of nitrogens with two attached hydrogens (primary N) is 1. The van der Waals surface area contributed by atoms with Crippen LogP contribution in [0.4, 0.5) is 0 Å². The topological polar surface area (TPSA) is 94.4 Å². The van der Waals surface area contributed by atoms with Crippen molar-refractivity contribution >= 4 is 0 Å². The minimum absolute atomic E-state index is 0.235. The average molecular weight is 277 g/mol. The second-order valence-electron chi connectivity index (χ2n) is 4.47. The van der Waals surface area contributed by atoms with Crippen molar-refractivity contribution in [1.29, 1.82) is 0 Å². The van der Waals surface area contributed by atoms with Gasteiger partial charge in [-0.05, 0) is 31.0 Å². The molecule has 0 aliphatic heterocycles. The summed E-state index contributed by atoms with van der Waals surface area (Å²) in [5.41, 5.74) is 7.05. The Balaban J connectivity index is 1.91. The molecule has 0 bridgehead atoms. The molecule has 1 heterocycles. The first kappa shape index (κ1) is 14.5. The van der Waals surface area contributed by atoms with Crippen molar-refractivity contribution in [1.82, 2.24) is 10.1 Å². The number of aromatic hydroxyl groups is 1. The van der Waals surface area contributed by atoms with Gasteiger partial charge in [-0.25, -0.2) is 0 Å². The van der Waals surface area contributed by atoms with Gasteiger partial charge in [0.2, 0.25) is 5.89 Å². The molecule has 0 amide bonds. The van der Waals surface area contributed by atoms with Crippen LogP contribution in [0.3, 0.4) is 0 Å². The Hall–Kier alpha value is -1.92. The van der Waals surface area contributed by atoms with Gasteiger partial charge in [0, 0.05) is 13.0 Å². The molecule has 0 spiro atoms. The number of benzene rings is 1. The Bertz CT molecular complexity index is 525. The Morgan fingerprint density at radius 3 is 2.80 bits per heavy atom. The molecule has 0 aliphatic carbocycles. The first-order valence-electron chi connectivity index (χ1n) is 6.62. The minimum Gasteiger partial charge on any atom is -0.508 e. The first-order chi connectivity index (χ1) is 9.69. The van der Waals surface area contributed by atoms with Crippen LogP contribution in [0.2, 0.25) is 0 Å². The van der Waals surface area contributed by atoms with Crippen LogP contribution in [0.1, 0.15) is 30.2 Å². The molecule has 0 aliphatic rings. The molecule has 1 aromatic carbocycles. The number of phenols is 1. The molecule has 0 saturated heterocycles. The van der Waals surface area contributed by atoms with Crippen molar-refractivity contribution in [2.45, 2.75) is 25.8 Å². The summed E-state index contributed by atoms with van der Waals surface area (Å²) in [4.78, 5) is 4.26. The minimum atomic E-state index is -0.354. The zero-order chi connectivity index (χ0) is 14.4. The quantitative estimate of drug-likeness (QED) is 0.746. The van der Waals surface area contributed by atoms with Gasteiger partial charge in [-0.3, -0.25) is 0 Å². The lowest BCUT2D eigenvalue weighted by Crippen LogP contribution is -2.14. The number of hydrogen-bond donors (Lipinski definition) is 2. The van der Waals surface area contributed by atoms with E-state index in [-0.39, 0.29) is 11.8 Å². The molecule has 0 unspecified atom stereocenters. The highest BCUT2D eigenvalue weighted by Gasteiger charge is 2.15. The second-order valence-corrected chi connectivity index (χ2v) is 4.47. The second kappa shape index (κ2) is 7.02. The molecule has 1 aromatic heterocycles. The third-order valence-electron chi connectivity index (χ3n) is 2.87. The molecule has 1 atom stereocenters. The van der Waals surface area contributed by atoms with Crippen molar-refractivity contribution in [3.63, 3.8) is 0 Å². The third kappa shape index (κ3) is 4.04. The van der Waals surface area contributed by atoms with Crippen LogP contribution in [0.15, 0.2) is 28.8 Å². The van der Waals surface area contributed by atoms with Crippen molar-refractivity contribution in [2.75, 3.05) is 13.2 Å². The van der Waals surface area contributed by atoms with E-state index in [9.17, 15) is 5.11 Å². The van der Waals surface area contributed by atoms with Crippen molar-refractivity contribution in [2.24, 2.45) is 5.73 Å². The Labute approximate surface area is 117 Å². The summed E-state index contributed by atoms with van der Waals surface area (Å²) in [5, 5.41) is 13.1. The average Bonchev–Trinajstić information content (AvgIpc) is 2.91. The fourth-order valence-electron chi connectivity index (χ4n) is 1.80. The summed E-state index contributed by atoms with van der Waals surface area (Å²) in [6, 6.07) is 6.54. The van der Waals surface area contributed by atoms with E-state index in [2.05, 4.69) is 10.1 Å². The van der Waals surface area contributed by atoms with Crippen LogP contribution in [0, 0.1) is 0 Å². The lowest BCUT2D eigenvalue weighted by Gasteiger charge is -2.06. The fraction of sp³-hybridized carbons (Fsp3) is 0.429. The summed E-state index contributed by atoms with van der Waals surface area (Å²) in [7, 11) is 0. The number of rotatable bonds is 7. The highest BCUT2D eigenvalue weighted by atomic mass is 16.5. The summed E-state index contributed by atoms with van der Waals surface area (Å²) < 4.78 is 10.4. The molecule has 6 heteroatoms. The van der Waals surface area contributed by atoms with E-state index < -0.39 is 0 Å². The van der Waals surface area contributed by atoms with Gasteiger partial charge in [0.1, 0.15) is 5.75 Å². The monoisotopic (exact) mass is 277 g/mol. The number of aromatic nitrogens is 2. The predicted molar refractivity (Wildman–Crippen MR) is 73.2 cm³/mol. The molecule has 6 nitrogen and oxygen atoms in total. The molecule has 2 aromatic rings. The van der Waals surface area contributed by atoms with Crippen LogP contribution >= 0.6 is 0 Å². The standard InChI is InChI=1S/C14H19N3O3/c1-2-19-8-7-13-16-14(20-17-13)12(15)9-10-3-5-11(18)6-4-10/h3-6,12,18H,2,7-9,15H2,1H3/t12-/m1/s1. The van der Waals surface area contributed by atoms with Crippen molar-refractivity contribution in [3.8, 4) is 5.75 Å². The van der Waals surface area contributed by atoms with Gasteiger partial charge in [0.25, 0.3) is 0 Å². The number of phenolic OH excluding ortho intramolecular Hbond substituents is 1. The molecule has 3 N–H and O–H groups in total. The van der Waals surface area contributed by atoms with E-state index >= 15 is 0 Å². The largest absolute Gasteiger partial charge is 0.508 e. The van der Waals surface area contributed by atoms with E-state index in [4.69, 9.17) is 15.0 Å². The van der Waals surface area contributed by atoms with E-state index in [0.29, 0.717) is 37.8 Å². The summed E-state index contributed by atoms with van der Waals surface area (Å²) in [5.74, 6) is 1.26. The third-order valence-corrected chi connectivity index (χ3v) is 2.87. The van der Waals surface area contributed by atoms with E-state index in [1.807, 2.05) is 19.1 Å². The van der Waals surface area contributed by atoms with Gasteiger partial charge in [-0.1, -0.05) is 17.3 Å². The Morgan fingerprint density at radius 2 is 2.10 bits per heavy atom. The van der Waals surface area contributed by atoms with Gasteiger partial charge in [-0.2, -0.15) is 4.98 Å². The van der Waals surface area contributed by atoms with Gasteiger partial charge in [-0.15, -0.1) is 0 Å². The molecule has 108 valence electrons. The molecule has 0 fully saturated rings. The van der Waals surface area contributed by atoms with Crippen LogP contribution < -0.4 is 5.73 Å². The van der Waals surface area contributed by atoms with Crippen LogP contribution in [0.5, 0.6) is 5.75 Å². The van der Waals surface area contributed by atoms with Crippen molar-refractivity contribution < 1.29 is 14.4 Å². The van der Waals surface area contributed by atoms with Crippen molar-refractivity contribution in [3.05, 3.63) is 41.5 Å². The zero-order valence-electron chi connectivity index (χ0n) is 11.5. The molecular formula is C14H19N3O3. The maximum absolute atomic E-state index is 9.23. The van der Waals surface area contributed by atoms with Gasteiger partial charge < -0.3 is 20.1 Å². The van der Waals surface area contributed by atoms with Crippen LogP contribution in [-0.2, 0) is 17.6 Å². The number of nitrogens with zero attached hydrogens (tertiary/aromatic N) is 2. The molecular weight excluding hydrogens is 258 g/mol. The molecule has 0 radical (unpaired) electrons. The molecule has 20 heavy (non-hydrogen) atoms. The lowest BCUT2D eigenvalue weighted by atomic mass is 10.1. The fourth-order valence-corrected chi connectivity index (χ4v) is 1.80. The lowest BCUT2D eigenvalue weighted by molar-refractivity contribution is 0.149. The normalized spacial score (nSPS) is 12.5. The highest BCUT2D eigenvalue weighted by molar-refractivity contribution is 5.26. The Kier molecular flexibility index (Phi) is 5.09.